The molecule has 3 rings (SSSR count). The van der Waals surface area contributed by atoms with Crippen molar-refractivity contribution in [1.82, 2.24) is 9.55 Å². The van der Waals surface area contributed by atoms with E-state index in [1.165, 1.54) is 42.8 Å². The van der Waals surface area contributed by atoms with Gasteiger partial charge in [0.2, 0.25) is 0 Å². The number of rotatable bonds is 5. The number of ether oxygens (including phenoxy) is 1. The Morgan fingerprint density at radius 3 is 2.75 bits per heavy atom. The molecule has 0 aliphatic carbocycles. The van der Waals surface area contributed by atoms with Gasteiger partial charge in [0, 0.05) is 4.88 Å². The Bertz CT molecular complexity index is 1120. The number of para-hydroxylation sites is 1. The van der Waals surface area contributed by atoms with E-state index in [0.29, 0.717) is 10.2 Å². The number of hydrogen-bond acceptors (Lipinski definition) is 6. The maximum Gasteiger partial charge on any atom is 0.326 e. The van der Waals surface area contributed by atoms with E-state index in [-0.39, 0.29) is 17.8 Å². The Morgan fingerprint density at radius 1 is 1.32 bits per heavy atom. The number of aryl methyl sites for hydroxylation is 2. The van der Waals surface area contributed by atoms with E-state index in [0.717, 1.165) is 15.0 Å². The number of carbonyl (C=O) groups is 2. The smallest absolute Gasteiger partial charge is 0.326 e. The number of benzene rings is 1. The van der Waals surface area contributed by atoms with Crippen LogP contribution >= 0.6 is 11.3 Å². The maximum absolute atomic E-state index is 13.6. The number of anilines is 1. The van der Waals surface area contributed by atoms with Crippen LogP contribution < -0.4 is 10.9 Å². The lowest BCUT2D eigenvalue weighted by atomic mass is 10.2. The summed E-state index contributed by atoms with van der Waals surface area (Å²) >= 11 is 1.41. The van der Waals surface area contributed by atoms with E-state index >= 15 is 0 Å². The van der Waals surface area contributed by atoms with E-state index in [9.17, 15) is 18.8 Å². The fraction of sp³-hybridized carbons (Fsp3) is 0.263. The molecule has 0 saturated heterocycles. The first-order valence-corrected chi connectivity index (χ1v) is 9.29. The number of carbonyl (C=O) groups excluding carboxylic acids is 2. The van der Waals surface area contributed by atoms with Crippen LogP contribution in [0, 0.1) is 19.7 Å². The lowest BCUT2D eigenvalue weighted by Gasteiger charge is -2.14. The molecule has 2 aromatic heterocycles. The highest BCUT2D eigenvalue weighted by Crippen LogP contribution is 2.25. The third-order valence-corrected chi connectivity index (χ3v) is 5.38. The molecular weight excluding hydrogens is 385 g/mol. The van der Waals surface area contributed by atoms with Crippen LogP contribution in [0.1, 0.15) is 17.4 Å². The third kappa shape index (κ3) is 3.94. The van der Waals surface area contributed by atoms with Crippen molar-refractivity contribution in [1.29, 1.82) is 0 Å². The molecule has 0 aliphatic heterocycles. The molecule has 0 unspecified atom stereocenters. The summed E-state index contributed by atoms with van der Waals surface area (Å²) < 4.78 is 19.8. The summed E-state index contributed by atoms with van der Waals surface area (Å²) in [6, 6.07) is 5.66. The minimum atomic E-state index is -1.16. The highest BCUT2D eigenvalue weighted by Gasteiger charge is 2.20. The second kappa shape index (κ2) is 7.89. The van der Waals surface area contributed by atoms with Crippen molar-refractivity contribution >= 4 is 39.1 Å². The van der Waals surface area contributed by atoms with Gasteiger partial charge < -0.3 is 10.1 Å². The molecule has 0 bridgehead atoms. The molecule has 9 heteroatoms. The van der Waals surface area contributed by atoms with Gasteiger partial charge in [-0.15, -0.1) is 11.3 Å². The zero-order valence-electron chi connectivity index (χ0n) is 15.5. The molecule has 1 amide bonds. The van der Waals surface area contributed by atoms with Crippen LogP contribution in [0.3, 0.4) is 0 Å². The molecule has 0 saturated carbocycles. The number of nitrogens with zero attached hydrogens (tertiary/aromatic N) is 2. The second-order valence-electron chi connectivity index (χ2n) is 6.24. The Labute approximate surface area is 163 Å². The Balaban J connectivity index is 1.68. The number of nitrogens with one attached hydrogen (secondary N) is 1. The predicted molar refractivity (Wildman–Crippen MR) is 104 cm³/mol. The van der Waals surface area contributed by atoms with Crippen molar-refractivity contribution in [2.45, 2.75) is 33.4 Å². The lowest BCUT2D eigenvalue weighted by Crippen LogP contribution is -2.33. The van der Waals surface area contributed by atoms with Crippen molar-refractivity contribution in [2.75, 3.05) is 5.32 Å². The van der Waals surface area contributed by atoms with Crippen LogP contribution in [-0.2, 0) is 20.9 Å². The summed E-state index contributed by atoms with van der Waals surface area (Å²) in [6.07, 6.45) is 0.121. The molecule has 0 spiro atoms. The van der Waals surface area contributed by atoms with Crippen molar-refractivity contribution in [2.24, 2.45) is 0 Å². The van der Waals surface area contributed by atoms with Gasteiger partial charge in [-0.2, -0.15) is 0 Å². The van der Waals surface area contributed by atoms with Gasteiger partial charge in [0.25, 0.3) is 11.5 Å². The monoisotopic (exact) mass is 403 g/mol. The zero-order valence-corrected chi connectivity index (χ0v) is 16.3. The van der Waals surface area contributed by atoms with Crippen molar-refractivity contribution in [3.05, 3.63) is 57.2 Å². The van der Waals surface area contributed by atoms with E-state index in [2.05, 4.69) is 10.3 Å². The Hall–Kier alpha value is -3.07. The van der Waals surface area contributed by atoms with Crippen molar-refractivity contribution < 1.29 is 18.7 Å². The first-order valence-electron chi connectivity index (χ1n) is 8.48. The van der Waals surface area contributed by atoms with Crippen molar-refractivity contribution in [3.8, 4) is 0 Å². The largest absolute Gasteiger partial charge is 0.451 e. The van der Waals surface area contributed by atoms with Gasteiger partial charge >= 0.3 is 5.97 Å². The molecule has 7 nitrogen and oxygen atoms in total. The zero-order chi connectivity index (χ0) is 20.4. The predicted octanol–water partition coefficient (Wildman–Crippen LogP) is 2.78. The molecule has 1 aromatic carbocycles. The van der Waals surface area contributed by atoms with E-state index < -0.39 is 23.8 Å². The van der Waals surface area contributed by atoms with Gasteiger partial charge in [-0.05, 0) is 38.5 Å². The summed E-state index contributed by atoms with van der Waals surface area (Å²) in [5.74, 6) is -2.05. The molecule has 146 valence electrons. The molecule has 3 aromatic rings. The molecular formula is C19H18FN3O4S. The van der Waals surface area contributed by atoms with E-state index in [1.807, 2.05) is 13.8 Å². The van der Waals surface area contributed by atoms with Gasteiger partial charge in [-0.25, -0.2) is 9.37 Å². The average molecular weight is 403 g/mol. The number of thiophene rings is 1. The normalized spacial score (nSPS) is 12.0. The van der Waals surface area contributed by atoms with E-state index in [4.69, 9.17) is 4.74 Å². The van der Waals surface area contributed by atoms with Crippen LogP contribution in [0.15, 0.2) is 35.4 Å². The molecule has 0 fully saturated rings. The number of esters is 1. The second-order valence-corrected chi connectivity index (χ2v) is 7.45. The van der Waals surface area contributed by atoms with Crippen LogP contribution in [0.4, 0.5) is 10.1 Å². The van der Waals surface area contributed by atoms with Crippen LogP contribution in [-0.4, -0.2) is 27.5 Å². The fourth-order valence-corrected chi connectivity index (χ4v) is 3.59. The highest BCUT2D eigenvalue weighted by molar-refractivity contribution is 7.18. The standard InChI is InChI=1S/C19H18FN3O4S/c1-10-12(3)28-18-16(10)19(26)23(9-21-18)8-15(24)27-11(2)17(25)22-14-7-5-4-6-13(14)20/h4-7,9,11H,8H2,1-3H3,(H,22,25)/t11-/m0/s1. The van der Waals surface area contributed by atoms with Gasteiger partial charge in [-0.3, -0.25) is 19.0 Å². The Morgan fingerprint density at radius 2 is 2.04 bits per heavy atom. The number of amides is 1. The average Bonchev–Trinajstić information content (AvgIpc) is 2.94. The van der Waals surface area contributed by atoms with E-state index in [1.54, 1.807) is 6.07 Å². The highest BCUT2D eigenvalue weighted by atomic mass is 32.1. The topological polar surface area (TPSA) is 90.3 Å². The molecule has 28 heavy (non-hydrogen) atoms. The lowest BCUT2D eigenvalue weighted by molar-refractivity contribution is -0.153. The van der Waals surface area contributed by atoms with Crippen molar-refractivity contribution in [3.63, 3.8) is 0 Å². The number of halogens is 1. The molecule has 2 heterocycles. The number of aromatic nitrogens is 2. The van der Waals surface area contributed by atoms with Crippen LogP contribution in [0.25, 0.3) is 10.2 Å². The third-order valence-electron chi connectivity index (χ3n) is 4.26. The molecule has 1 N–H and O–H groups in total. The van der Waals surface area contributed by atoms with Gasteiger partial charge in [0.15, 0.2) is 6.10 Å². The fourth-order valence-electron chi connectivity index (χ4n) is 2.61. The number of hydrogen-bond donors (Lipinski definition) is 1. The maximum atomic E-state index is 13.6. The van der Waals surface area contributed by atoms with Gasteiger partial charge in [0.05, 0.1) is 17.4 Å². The summed E-state index contributed by atoms with van der Waals surface area (Å²) in [5, 5.41) is 2.83. The van der Waals surface area contributed by atoms with Crippen LogP contribution in [0.5, 0.6) is 0 Å². The quantitative estimate of drug-likeness (QED) is 0.662. The summed E-state index contributed by atoms with van der Waals surface area (Å²) in [4.78, 5) is 42.7. The summed E-state index contributed by atoms with van der Waals surface area (Å²) in [5.41, 5.74) is 0.481. The summed E-state index contributed by atoms with van der Waals surface area (Å²) in [6.45, 7) is 4.71. The number of fused-ring (bicyclic) bond motifs is 1. The Kier molecular flexibility index (Phi) is 5.55. The molecule has 1 atom stereocenters. The SMILES string of the molecule is Cc1sc2ncn(CC(=O)O[C@@H](C)C(=O)Nc3ccccc3F)c(=O)c2c1C. The summed E-state index contributed by atoms with van der Waals surface area (Å²) in [7, 11) is 0. The van der Waals surface area contributed by atoms with Gasteiger partial charge in [-0.1, -0.05) is 12.1 Å². The first kappa shape index (κ1) is 19.7. The van der Waals surface area contributed by atoms with Crippen LogP contribution in [0.2, 0.25) is 0 Å². The minimum absolute atomic E-state index is 0.00965. The first-order chi connectivity index (χ1) is 13.3. The van der Waals surface area contributed by atoms with Gasteiger partial charge in [0.1, 0.15) is 17.2 Å². The molecule has 0 radical (unpaired) electrons. The minimum Gasteiger partial charge on any atom is -0.451 e. The molecule has 0 aliphatic rings.